The molecule has 1 aromatic carbocycles. The van der Waals surface area contributed by atoms with Gasteiger partial charge in [-0.3, -0.25) is 14.9 Å². The summed E-state index contributed by atoms with van der Waals surface area (Å²) in [5, 5.41) is 19.4. The van der Waals surface area contributed by atoms with Crippen molar-refractivity contribution in [1.82, 2.24) is 0 Å². The largest absolute Gasteiger partial charge is 0.301 e. The molecule has 0 aromatic heterocycles. The van der Waals surface area contributed by atoms with E-state index in [2.05, 4.69) is 0 Å². The average Bonchev–Trinajstić information content (AvgIpc) is 2.15. The molecule has 0 aliphatic rings. The maximum Gasteiger partial charge on any atom is 0.301 e. The number of nitrogens with zero attached hydrogens (tertiary/aromatic N) is 2. The van der Waals surface area contributed by atoms with E-state index < -0.39 is 4.92 Å². The van der Waals surface area contributed by atoms with E-state index in [1.165, 1.54) is 19.1 Å². The molecule has 0 aliphatic heterocycles. The van der Waals surface area contributed by atoms with Gasteiger partial charge in [-0.1, -0.05) is 0 Å². The number of carbonyl (C=O) groups is 1. The summed E-state index contributed by atoms with van der Waals surface area (Å²) in [4.78, 5) is 21.2. The van der Waals surface area contributed by atoms with Crippen LogP contribution in [0.4, 0.5) is 5.69 Å². The second-order valence-electron chi connectivity index (χ2n) is 2.75. The highest BCUT2D eigenvalue weighted by Gasteiger charge is 2.22. The first kappa shape index (κ1) is 11.6. The zero-order chi connectivity index (χ0) is 11.6. The Labute approximate surface area is 99.0 Å². The van der Waals surface area contributed by atoms with Crippen LogP contribution in [0.3, 0.4) is 0 Å². The molecule has 0 atom stereocenters. The lowest BCUT2D eigenvalue weighted by Gasteiger charge is -2.02. The first-order valence-corrected chi connectivity index (χ1v) is 4.94. The molecule has 0 radical (unpaired) electrons. The summed E-state index contributed by atoms with van der Waals surface area (Å²) < 4.78 is 0.212. The van der Waals surface area contributed by atoms with Gasteiger partial charge in [-0.2, -0.15) is 5.26 Å². The minimum atomic E-state index is -0.646. The first-order valence-electron chi connectivity index (χ1n) is 3.87. The Bertz CT molecular complexity index is 491. The van der Waals surface area contributed by atoms with Crippen LogP contribution in [0.5, 0.6) is 0 Å². The van der Waals surface area contributed by atoms with Crippen LogP contribution < -0.4 is 0 Å². The highest BCUT2D eigenvalue weighted by molar-refractivity contribution is 14.1. The van der Waals surface area contributed by atoms with E-state index >= 15 is 0 Å². The summed E-state index contributed by atoms with van der Waals surface area (Å²) in [6, 6.07) is 4.44. The normalized spacial score (nSPS) is 9.40. The summed E-state index contributed by atoms with van der Waals surface area (Å²) in [6.45, 7) is 1.33. The van der Waals surface area contributed by atoms with Crippen LogP contribution >= 0.6 is 22.6 Å². The fraction of sp³-hybridized carbons (Fsp3) is 0.111. The van der Waals surface area contributed by atoms with Crippen molar-refractivity contribution in [2.75, 3.05) is 0 Å². The Morgan fingerprint density at radius 2 is 2.20 bits per heavy atom. The molecule has 0 unspecified atom stereocenters. The Balaban J connectivity index is 3.58. The predicted molar refractivity (Wildman–Crippen MR) is 60.5 cm³/mol. The van der Waals surface area contributed by atoms with Gasteiger partial charge in [0.05, 0.1) is 4.92 Å². The number of ketones is 1. The van der Waals surface area contributed by atoms with Crippen LogP contribution in [-0.4, -0.2) is 10.7 Å². The summed E-state index contributed by atoms with van der Waals surface area (Å²) in [5.74, 6) is -0.257. The molecule has 0 N–H and O–H groups in total. The van der Waals surface area contributed by atoms with E-state index in [4.69, 9.17) is 5.26 Å². The number of halogens is 1. The van der Waals surface area contributed by atoms with Gasteiger partial charge >= 0.3 is 5.69 Å². The van der Waals surface area contributed by atoms with Gasteiger partial charge in [0, 0.05) is 5.56 Å². The summed E-state index contributed by atoms with van der Waals surface area (Å²) in [5.41, 5.74) is -0.0681. The molecule has 0 spiro atoms. The molecule has 15 heavy (non-hydrogen) atoms. The number of Topliss-reactive ketones (excluding diaryl/α,β-unsaturated/α-hetero) is 1. The fourth-order valence-corrected chi connectivity index (χ4v) is 2.15. The van der Waals surface area contributed by atoms with Gasteiger partial charge in [0.1, 0.15) is 15.2 Å². The summed E-state index contributed by atoms with van der Waals surface area (Å²) >= 11 is 1.71. The number of hydrogen-bond donors (Lipinski definition) is 0. The maximum atomic E-state index is 11.1. The second kappa shape index (κ2) is 4.35. The molecule has 0 bridgehead atoms. The lowest BCUT2D eigenvalue weighted by Crippen LogP contribution is -2.02. The maximum absolute atomic E-state index is 11.1. The third-order valence-corrected chi connectivity index (χ3v) is 2.89. The van der Waals surface area contributed by atoms with Gasteiger partial charge in [-0.25, -0.2) is 0 Å². The van der Waals surface area contributed by atoms with Gasteiger partial charge in [0.15, 0.2) is 5.78 Å². The molecular formula is C9H5IN2O3. The van der Waals surface area contributed by atoms with Crippen molar-refractivity contribution >= 4 is 34.1 Å². The predicted octanol–water partition coefficient (Wildman–Crippen LogP) is 2.27. The van der Waals surface area contributed by atoms with Crippen molar-refractivity contribution in [1.29, 1.82) is 5.26 Å². The van der Waals surface area contributed by atoms with Crippen LogP contribution in [0.1, 0.15) is 22.8 Å². The number of benzene rings is 1. The quantitative estimate of drug-likeness (QED) is 0.363. The number of nitriles is 1. The molecule has 5 nitrogen and oxygen atoms in total. The van der Waals surface area contributed by atoms with E-state index in [0.29, 0.717) is 0 Å². The lowest BCUT2D eigenvalue weighted by atomic mass is 10.1. The number of carbonyl (C=O) groups excluding carboxylic acids is 1. The highest BCUT2D eigenvalue weighted by Crippen LogP contribution is 2.28. The Hall–Kier alpha value is -1.49. The molecule has 0 aliphatic carbocycles. The molecular weight excluding hydrogens is 311 g/mol. The molecule has 6 heteroatoms. The molecule has 0 heterocycles. The Morgan fingerprint density at radius 1 is 1.60 bits per heavy atom. The van der Waals surface area contributed by atoms with Gasteiger partial charge in [-0.15, -0.1) is 0 Å². The number of nitro groups is 1. The van der Waals surface area contributed by atoms with E-state index in [1.54, 1.807) is 28.7 Å². The molecule has 0 saturated carbocycles. The number of rotatable bonds is 2. The topological polar surface area (TPSA) is 84.0 Å². The Morgan fingerprint density at radius 3 is 2.60 bits per heavy atom. The number of hydrogen-bond acceptors (Lipinski definition) is 4. The Kier molecular flexibility index (Phi) is 3.36. The van der Waals surface area contributed by atoms with Crippen LogP contribution in [0.25, 0.3) is 0 Å². The molecule has 0 saturated heterocycles. The first-order chi connectivity index (χ1) is 6.99. The van der Waals surface area contributed by atoms with Gasteiger partial charge < -0.3 is 0 Å². The molecule has 0 amide bonds. The smallest absolute Gasteiger partial charge is 0.294 e. The van der Waals surface area contributed by atoms with E-state index in [9.17, 15) is 14.9 Å². The van der Waals surface area contributed by atoms with Gasteiger partial charge in [0.25, 0.3) is 0 Å². The molecule has 1 aromatic rings. The monoisotopic (exact) mass is 316 g/mol. The van der Waals surface area contributed by atoms with Gasteiger partial charge in [-0.05, 0) is 41.6 Å². The minimum Gasteiger partial charge on any atom is -0.294 e. The van der Waals surface area contributed by atoms with E-state index in [1.807, 2.05) is 0 Å². The van der Waals surface area contributed by atoms with Crippen LogP contribution in [0, 0.1) is 25.0 Å². The third kappa shape index (κ3) is 2.12. The third-order valence-electron chi connectivity index (χ3n) is 1.80. The van der Waals surface area contributed by atoms with Crippen molar-refractivity contribution in [2.45, 2.75) is 6.92 Å². The minimum absolute atomic E-state index is 0.0330. The van der Waals surface area contributed by atoms with Crippen molar-refractivity contribution in [2.24, 2.45) is 0 Å². The summed E-state index contributed by atoms with van der Waals surface area (Å²) in [7, 11) is 0. The van der Waals surface area contributed by atoms with Gasteiger partial charge in [0.2, 0.25) is 0 Å². The SMILES string of the molecule is CC(=O)c1ccc(C#N)c([N+](=O)[O-])c1I. The van der Waals surface area contributed by atoms with Crippen molar-refractivity contribution < 1.29 is 9.72 Å². The van der Waals surface area contributed by atoms with Crippen molar-refractivity contribution in [3.63, 3.8) is 0 Å². The van der Waals surface area contributed by atoms with Crippen molar-refractivity contribution in [3.05, 3.63) is 36.9 Å². The molecule has 1 rings (SSSR count). The standard InChI is InChI=1S/C9H5IN2O3/c1-5(13)7-3-2-6(4-11)9(8(7)10)12(14)15/h2-3H,1H3. The summed E-state index contributed by atoms with van der Waals surface area (Å²) in [6.07, 6.45) is 0. The highest BCUT2D eigenvalue weighted by atomic mass is 127. The number of nitro benzene ring substituents is 1. The lowest BCUT2D eigenvalue weighted by molar-refractivity contribution is -0.386. The van der Waals surface area contributed by atoms with Crippen LogP contribution in [0.2, 0.25) is 0 Å². The van der Waals surface area contributed by atoms with Crippen molar-refractivity contribution in [3.8, 4) is 6.07 Å². The molecule has 76 valence electrons. The second-order valence-corrected chi connectivity index (χ2v) is 3.83. The van der Waals surface area contributed by atoms with Crippen LogP contribution in [-0.2, 0) is 0 Å². The van der Waals surface area contributed by atoms with E-state index in [-0.39, 0.29) is 26.2 Å². The fourth-order valence-electron chi connectivity index (χ4n) is 1.11. The molecule has 0 fully saturated rings. The zero-order valence-electron chi connectivity index (χ0n) is 7.65. The average molecular weight is 316 g/mol. The van der Waals surface area contributed by atoms with Crippen LogP contribution in [0.15, 0.2) is 12.1 Å². The zero-order valence-corrected chi connectivity index (χ0v) is 9.81. The van der Waals surface area contributed by atoms with E-state index in [0.717, 1.165) is 0 Å².